The molecule has 0 spiro atoms. The number of fused-ring (bicyclic) bond motifs is 2. The Labute approximate surface area is 172 Å². The predicted molar refractivity (Wildman–Crippen MR) is 127 cm³/mol. The highest BCUT2D eigenvalue weighted by atomic mass is 16.5. The Morgan fingerprint density at radius 3 is 1.86 bits per heavy atom. The van der Waals surface area contributed by atoms with Gasteiger partial charge in [0.2, 0.25) is 0 Å². The van der Waals surface area contributed by atoms with Crippen LogP contribution in [-0.4, -0.2) is 12.5 Å². The van der Waals surface area contributed by atoms with E-state index in [4.69, 9.17) is 4.65 Å². The van der Waals surface area contributed by atoms with E-state index in [-0.39, 0.29) is 17.9 Å². The Balaban J connectivity index is 1.80. The third kappa shape index (κ3) is 2.21. The van der Waals surface area contributed by atoms with Crippen molar-refractivity contribution in [3.8, 4) is 0 Å². The Bertz CT molecular complexity index is 1390. The number of benzene rings is 5. The van der Waals surface area contributed by atoms with Crippen molar-refractivity contribution in [3.05, 3.63) is 66.7 Å². The van der Waals surface area contributed by atoms with Gasteiger partial charge in [-0.15, -0.1) is 0 Å². The minimum Gasteiger partial charge on any atom is -0.426 e. The SMILES string of the molecule is CC1(C)CB(c2ccc3cccc4c5cccc6cccc(c2c34)c65)OC1(C)C. The van der Waals surface area contributed by atoms with Gasteiger partial charge in [0.15, 0.2) is 0 Å². The van der Waals surface area contributed by atoms with E-state index in [0.717, 1.165) is 6.32 Å². The highest BCUT2D eigenvalue weighted by Gasteiger charge is 2.50. The van der Waals surface area contributed by atoms with Gasteiger partial charge in [-0.2, -0.15) is 0 Å². The van der Waals surface area contributed by atoms with Crippen LogP contribution in [0.2, 0.25) is 6.32 Å². The average Bonchev–Trinajstić information content (AvgIpc) is 2.92. The molecule has 0 atom stereocenters. The van der Waals surface area contributed by atoms with Crippen molar-refractivity contribution in [3.63, 3.8) is 0 Å². The van der Waals surface area contributed by atoms with Gasteiger partial charge in [-0.05, 0) is 74.1 Å². The quantitative estimate of drug-likeness (QED) is 0.178. The molecule has 5 aromatic rings. The van der Waals surface area contributed by atoms with E-state index in [9.17, 15) is 0 Å². The molecule has 0 bridgehead atoms. The van der Waals surface area contributed by atoms with Gasteiger partial charge in [0.05, 0.1) is 5.60 Å². The van der Waals surface area contributed by atoms with Crippen molar-refractivity contribution in [1.82, 2.24) is 0 Å². The van der Waals surface area contributed by atoms with Gasteiger partial charge in [0.1, 0.15) is 0 Å². The van der Waals surface area contributed by atoms with Crippen LogP contribution in [0.15, 0.2) is 66.7 Å². The van der Waals surface area contributed by atoms with Gasteiger partial charge in [-0.25, -0.2) is 0 Å². The third-order valence-electron chi connectivity index (χ3n) is 7.65. The molecule has 29 heavy (non-hydrogen) atoms. The second kappa shape index (κ2) is 5.52. The van der Waals surface area contributed by atoms with E-state index in [1.807, 2.05) is 0 Å². The molecule has 1 nitrogen and oxygen atoms in total. The van der Waals surface area contributed by atoms with Crippen molar-refractivity contribution in [2.24, 2.45) is 5.41 Å². The fourth-order valence-corrected chi connectivity index (χ4v) is 5.39. The second-order valence-corrected chi connectivity index (χ2v) is 9.85. The summed E-state index contributed by atoms with van der Waals surface area (Å²) in [5, 5.41) is 10.8. The molecule has 142 valence electrons. The summed E-state index contributed by atoms with van der Waals surface area (Å²) in [6.07, 6.45) is 1.04. The van der Waals surface area contributed by atoms with Crippen LogP contribution in [0.5, 0.6) is 0 Å². The molecule has 0 unspecified atom stereocenters. The second-order valence-electron chi connectivity index (χ2n) is 9.85. The lowest BCUT2D eigenvalue weighted by Crippen LogP contribution is -2.36. The molecular formula is C27H25BO. The maximum Gasteiger partial charge on any atom is 0.328 e. The summed E-state index contributed by atoms with van der Waals surface area (Å²) in [4.78, 5) is 0. The van der Waals surface area contributed by atoms with Gasteiger partial charge in [0, 0.05) is 0 Å². The van der Waals surface area contributed by atoms with Crippen molar-refractivity contribution >= 4 is 55.5 Å². The predicted octanol–water partition coefficient (Wildman–Crippen LogP) is 6.77. The van der Waals surface area contributed by atoms with Crippen molar-refractivity contribution in [2.75, 3.05) is 0 Å². The van der Waals surface area contributed by atoms with Gasteiger partial charge in [-0.3, -0.25) is 0 Å². The van der Waals surface area contributed by atoms with Gasteiger partial charge < -0.3 is 4.65 Å². The van der Waals surface area contributed by atoms with Crippen LogP contribution in [0.1, 0.15) is 27.7 Å². The minimum atomic E-state index is -0.141. The molecule has 1 saturated heterocycles. The first-order valence-corrected chi connectivity index (χ1v) is 10.6. The normalized spacial score (nSPS) is 18.6. The van der Waals surface area contributed by atoms with Gasteiger partial charge in [-0.1, -0.05) is 80.6 Å². The highest BCUT2D eigenvalue weighted by molar-refractivity contribution is 6.72. The Kier molecular flexibility index (Phi) is 3.29. The molecule has 1 aliphatic heterocycles. The monoisotopic (exact) mass is 376 g/mol. The van der Waals surface area contributed by atoms with E-state index in [2.05, 4.69) is 94.4 Å². The number of hydrogen-bond donors (Lipinski definition) is 0. The number of hydrogen-bond acceptors (Lipinski definition) is 1. The lowest BCUT2D eigenvalue weighted by molar-refractivity contribution is 0.0376. The standard InChI is InChI=1S/C27H25BO/c1-26(2)16-28(29-27(26,3)4)22-15-14-18-10-6-12-20-19-11-5-8-17-9-7-13-21(23(17)19)25(22)24(18)20/h5-15H,16H2,1-4H3. The maximum atomic E-state index is 6.69. The van der Waals surface area contributed by atoms with Gasteiger partial charge in [0.25, 0.3) is 0 Å². The van der Waals surface area contributed by atoms with E-state index in [0.29, 0.717) is 0 Å². The molecule has 1 aliphatic rings. The topological polar surface area (TPSA) is 9.23 Å². The van der Waals surface area contributed by atoms with Crippen LogP contribution in [-0.2, 0) is 4.65 Å². The van der Waals surface area contributed by atoms with Crippen LogP contribution in [0, 0.1) is 5.41 Å². The molecule has 1 heterocycles. The van der Waals surface area contributed by atoms with Crippen molar-refractivity contribution in [2.45, 2.75) is 39.6 Å². The summed E-state index contributed by atoms with van der Waals surface area (Å²) < 4.78 is 6.69. The largest absolute Gasteiger partial charge is 0.426 e. The summed E-state index contributed by atoms with van der Waals surface area (Å²) in [7, 11) is 0. The minimum absolute atomic E-state index is 0.118. The molecule has 5 aromatic carbocycles. The molecule has 0 radical (unpaired) electrons. The molecule has 0 aromatic heterocycles. The third-order valence-corrected chi connectivity index (χ3v) is 7.65. The summed E-state index contributed by atoms with van der Waals surface area (Å²) in [6.45, 7) is 9.26. The first-order valence-electron chi connectivity index (χ1n) is 10.6. The smallest absolute Gasteiger partial charge is 0.328 e. The van der Waals surface area contributed by atoms with Crippen LogP contribution in [0.25, 0.3) is 43.1 Å². The van der Waals surface area contributed by atoms with E-state index >= 15 is 0 Å². The summed E-state index contributed by atoms with van der Waals surface area (Å²) in [6, 6.07) is 24.7. The summed E-state index contributed by atoms with van der Waals surface area (Å²) in [5.41, 5.74) is 1.33. The zero-order valence-electron chi connectivity index (χ0n) is 17.5. The van der Waals surface area contributed by atoms with Crippen molar-refractivity contribution < 1.29 is 4.65 Å². The molecule has 6 rings (SSSR count). The molecule has 0 amide bonds. The zero-order chi connectivity index (χ0) is 20.0. The lowest BCUT2D eigenvalue weighted by atomic mass is 9.53. The van der Waals surface area contributed by atoms with E-state index in [1.165, 1.54) is 48.6 Å². The van der Waals surface area contributed by atoms with Crippen LogP contribution < -0.4 is 5.46 Å². The van der Waals surface area contributed by atoms with Crippen LogP contribution in [0.4, 0.5) is 0 Å². The van der Waals surface area contributed by atoms with E-state index in [1.54, 1.807) is 0 Å². The van der Waals surface area contributed by atoms with Crippen LogP contribution in [0.3, 0.4) is 0 Å². The highest BCUT2D eigenvalue weighted by Crippen LogP contribution is 2.46. The first-order chi connectivity index (χ1) is 13.9. The maximum absolute atomic E-state index is 6.69. The average molecular weight is 376 g/mol. The summed E-state index contributed by atoms with van der Waals surface area (Å²) in [5.74, 6) is 0. The molecule has 0 saturated carbocycles. The molecule has 1 fully saturated rings. The Morgan fingerprint density at radius 2 is 1.24 bits per heavy atom. The lowest BCUT2D eigenvalue weighted by Gasteiger charge is -2.34. The molecule has 0 N–H and O–H groups in total. The van der Waals surface area contributed by atoms with Gasteiger partial charge >= 0.3 is 6.92 Å². The molecular weight excluding hydrogens is 351 g/mol. The Hall–Kier alpha value is -2.58. The number of rotatable bonds is 1. The fraction of sp³-hybridized carbons (Fsp3) is 0.259. The zero-order valence-corrected chi connectivity index (χ0v) is 17.5. The Morgan fingerprint density at radius 1 is 0.655 bits per heavy atom. The first kappa shape index (κ1) is 17.3. The van der Waals surface area contributed by atoms with Crippen LogP contribution >= 0.6 is 0 Å². The fourth-order valence-electron chi connectivity index (χ4n) is 5.39. The molecule has 0 aliphatic carbocycles. The van der Waals surface area contributed by atoms with E-state index < -0.39 is 0 Å². The summed E-state index contributed by atoms with van der Waals surface area (Å²) >= 11 is 0. The van der Waals surface area contributed by atoms with Crippen molar-refractivity contribution in [1.29, 1.82) is 0 Å². The molecule has 2 heteroatoms.